The van der Waals surface area contributed by atoms with E-state index in [1.165, 1.54) is 11.6 Å². The van der Waals surface area contributed by atoms with Crippen LogP contribution in [0.2, 0.25) is 10.4 Å². The Morgan fingerprint density at radius 2 is 1.71 bits per heavy atom. The number of halogens is 2. The van der Waals surface area contributed by atoms with Crippen LogP contribution in [0.15, 0.2) is 39.9 Å². The van der Waals surface area contributed by atoms with E-state index in [1.54, 1.807) is 16.3 Å². The van der Waals surface area contributed by atoms with E-state index in [2.05, 4.69) is 10.1 Å². The Bertz CT molecular complexity index is 1330. The number of hydrogen-bond acceptors (Lipinski definition) is 4. The third-order valence-corrected chi connectivity index (χ3v) is 5.42. The van der Waals surface area contributed by atoms with Gasteiger partial charge in [-0.2, -0.15) is 10.1 Å². The van der Waals surface area contributed by atoms with Crippen LogP contribution in [0.4, 0.5) is 0 Å². The summed E-state index contributed by atoms with van der Waals surface area (Å²) in [7, 11) is 2.96. The highest BCUT2D eigenvalue weighted by Crippen LogP contribution is 2.26. The highest BCUT2D eigenvalue weighted by molar-refractivity contribution is 6.31. The first-order chi connectivity index (χ1) is 13.3. The molecule has 0 amide bonds. The first-order valence-corrected chi connectivity index (χ1v) is 9.18. The summed E-state index contributed by atoms with van der Waals surface area (Å²) < 4.78 is 5.50. The lowest BCUT2D eigenvalue weighted by molar-refractivity contribution is 0.702. The molecule has 0 radical (unpaired) electrons. The van der Waals surface area contributed by atoms with Gasteiger partial charge in [0.25, 0.3) is 5.56 Å². The van der Waals surface area contributed by atoms with Crippen molar-refractivity contribution in [3.63, 3.8) is 0 Å². The van der Waals surface area contributed by atoms with Gasteiger partial charge in [0.1, 0.15) is 5.15 Å². The van der Waals surface area contributed by atoms with Gasteiger partial charge in [0.2, 0.25) is 5.28 Å². The summed E-state index contributed by atoms with van der Waals surface area (Å²) in [5.41, 5.74) is 1.75. The molecule has 28 heavy (non-hydrogen) atoms. The lowest BCUT2D eigenvalue weighted by Crippen LogP contribution is -2.37. The topological polar surface area (TPSA) is 79.6 Å². The van der Waals surface area contributed by atoms with Crippen LogP contribution in [0.3, 0.4) is 0 Å². The molecule has 0 N–H and O–H groups in total. The highest BCUT2D eigenvalue weighted by Gasteiger charge is 2.21. The average Bonchev–Trinajstić information content (AvgIpc) is 3.17. The molecule has 8 nitrogen and oxygen atoms in total. The van der Waals surface area contributed by atoms with Gasteiger partial charge in [-0.3, -0.25) is 13.9 Å². The van der Waals surface area contributed by atoms with Gasteiger partial charge in [-0.05, 0) is 30.7 Å². The lowest BCUT2D eigenvalue weighted by Gasteiger charge is -2.08. The molecule has 0 aliphatic carbocycles. The molecule has 0 unspecified atom stereocenters. The second kappa shape index (κ2) is 6.65. The van der Waals surface area contributed by atoms with Crippen LogP contribution in [0, 0.1) is 6.92 Å². The number of benzene rings is 1. The maximum absolute atomic E-state index is 12.7. The monoisotopic (exact) mass is 418 g/mol. The van der Waals surface area contributed by atoms with E-state index in [1.807, 2.05) is 37.3 Å². The first-order valence-electron chi connectivity index (χ1n) is 8.42. The van der Waals surface area contributed by atoms with Crippen LogP contribution in [-0.4, -0.2) is 28.5 Å². The fourth-order valence-corrected chi connectivity index (χ4v) is 3.73. The zero-order chi connectivity index (χ0) is 20.2. The fourth-order valence-electron chi connectivity index (χ4n) is 3.17. The van der Waals surface area contributed by atoms with Crippen molar-refractivity contribution in [2.45, 2.75) is 13.5 Å². The Balaban J connectivity index is 1.91. The van der Waals surface area contributed by atoms with Crippen molar-refractivity contribution in [1.29, 1.82) is 0 Å². The van der Waals surface area contributed by atoms with Gasteiger partial charge in [-0.15, -0.1) is 0 Å². The smallest absolute Gasteiger partial charge is 0.304 e. The van der Waals surface area contributed by atoms with Crippen LogP contribution in [0.1, 0.15) is 11.3 Å². The summed E-state index contributed by atoms with van der Waals surface area (Å²) in [6.07, 6.45) is 0. The van der Waals surface area contributed by atoms with Crippen LogP contribution in [0.25, 0.3) is 16.9 Å². The molecular weight excluding hydrogens is 403 g/mol. The van der Waals surface area contributed by atoms with Gasteiger partial charge in [-0.1, -0.05) is 29.8 Å². The van der Waals surface area contributed by atoms with Gasteiger partial charge in [-0.25, -0.2) is 9.48 Å². The second-order valence-corrected chi connectivity index (χ2v) is 7.14. The lowest BCUT2D eigenvalue weighted by atomic mass is 10.2. The van der Waals surface area contributed by atoms with Gasteiger partial charge in [0, 0.05) is 19.7 Å². The minimum atomic E-state index is -0.471. The maximum Gasteiger partial charge on any atom is 0.332 e. The molecule has 0 atom stereocenters. The number of aryl methyl sites for hydroxylation is 2. The van der Waals surface area contributed by atoms with Crippen molar-refractivity contribution < 1.29 is 0 Å². The first kappa shape index (κ1) is 18.5. The third-order valence-electron chi connectivity index (χ3n) is 4.74. The van der Waals surface area contributed by atoms with Crippen LogP contribution < -0.4 is 11.2 Å². The predicted octanol–water partition coefficient (Wildman–Crippen LogP) is 2.28. The molecule has 0 saturated heterocycles. The Labute approximate surface area is 169 Å². The summed E-state index contributed by atoms with van der Waals surface area (Å²) in [5.74, 6) is 0. The molecule has 0 aliphatic heterocycles. The summed E-state index contributed by atoms with van der Waals surface area (Å²) >= 11 is 12.9. The summed E-state index contributed by atoms with van der Waals surface area (Å²) in [5, 5.41) is 5.03. The number of fused-ring (bicyclic) bond motifs is 1. The van der Waals surface area contributed by atoms with Gasteiger partial charge < -0.3 is 4.57 Å². The van der Waals surface area contributed by atoms with Gasteiger partial charge in [0.15, 0.2) is 11.2 Å². The Morgan fingerprint density at radius 3 is 2.39 bits per heavy atom. The Morgan fingerprint density at radius 1 is 1.04 bits per heavy atom. The molecule has 4 aromatic rings. The van der Waals surface area contributed by atoms with E-state index in [4.69, 9.17) is 23.2 Å². The average molecular weight is 419 g/mol. The van der Waals surface area contributed by atoms with Crippen molar-refractivity contribution >= 4 is 34.4 Å². The largest absolute Gasteiger partial charge is 0.332 e. The number of aromatic nitrogens is 6. The van der Waals surface area contributed by atoms with E-state index < -0.39 is 11.2 Å². The summed E-state index contributed by atoms with van der Waals surface area (Å²) in [6.45, 7) is 2.03. The molecule has 1 aromatic carbocycles. The molecule has 0 spiro atoms. The van der Waals surface area contributed by atoms with Crippen molar-refractivity contribution in [3.05, 3.63) is 72.9 Å². The number of nitrogens with zero attached hydrogens (tertiary/aromatic N) is 6. The van der Waals surface area contributed by atoms with E-state index in [0.29, 0.717) is 16.4 Å². The molecule has 4 rings (SSSR count). The molecule has 0 bridgehead atoms. The predicted molar refractivity (Wildman–Crippen MR) is 108 cm³/mol. The number of hydrogen-bond donors (Lipinski definition) is 0. The summed E-state index contributed by atoms with van der Waals surface area (Å²) in [6, 6.07) is 9.49. The van der Waals surface area contributed by atoms with Crippen LogP contribution in [0.5, 0.6) is 0 Å². The summed E-state index contributed by atoms with van der Waals surface area (Å²) in [4.78, 5) is 29.1. The van der Waals surface area contributed by atoms with E-state index >= 15 is 0 Å². The molecule has 10 heteroatoms. The third kappa shape index (κ3) is 2.68. The quantitative estimate of drug-likeness (QED) is 0.478. The Hall–Kier alpha value is -2.84. The zero-order valence-electron chi connectivity index (χ0n) is 15.3. The highest BCUT2D eigenvalue weighted by atomic mass is 35.5. The van der Waals surface area contributed by atoms with Gasteiger partial charge in [0.05, 0.1) is 17.9 Å². The minimum Gasteiger partial charge on any atom is -0.304 e. The normalized spacial score (nSPS) is 11.5. The van der Waals surface area contributed by atoms with Crippen LogP contribution in [-0.2, 0) is 20.6 Å². The molecule has 3 heterocycles. The molecule has 0 saturated carbocycles. The molecular formula is C18H16Cl2N6O2. The standard InChI is InChI=1S/C18H16Cl2N6O2/c1-10-12(14(19)26(22-10)11-7-5-4-6-8-11)9-25-13-15(21-17(25)20)23(2)18(28)24(3)16(13)27/h4-8H,9H2,1-3H3. The molecule has 3 aromatic heterocycles. The van der Waals surface area contributed by atoms with Crippen LogP contribution >= 0.6 is 23.2 Å². The molecule has 0 fully saturated rings. The number of imidazole rings is 1. The van der Waals surface area contributed by atoms with E-state index in [9.17, 15) is 9.59 Å². The SMILES string of the molecule is Cc1nn(-c2ccccc2)c(Cl)c1Cn1c(Cl)nc2c1c(=O)n(C)c(=O)n2C. The van der Waals surface area contributed by atoms with E-state index in [-0.39, 0.29) is 23.0 Å². The Kier molecular flexibility index (Phi) is 4.40. The molecule has 0 aliphatic rings. The number of para-hydroxylation sites is 1. The van der Waals surface area contributed by atoms with Crippen molar-refractivity contribution in [1.82, 2.24) is 28.5 Å². The maximum atomic E-state index is 12.7. The fraction of sp³-hybridized carbons (Fsp3) is 0.222. The van der Waals surface area contributed by atoms with Crippen molar-refractivity contribution in [2.24, 2.45) is 14.1 Å². The minimum absolute atomic E-state index is 0.0937. The molecule has 144 valence electrons. The van der Waals surface area contributed by atoms with Crippen molar-refractivity contribution in [3.8, 4) is 5.69 Å². The van der Waals surface area contributed by atoms with Crippen molar-refractivity contribution in [2.75, 3.05) is 0 Å². The number of rotatable bonds is 3. The second-order valence-electron chi connectivity index (χ2n) is 6.45. The van der Waals surface area contributed by atoms with Gasteiger partial charge >= 0.3 is 5.69 Å². The zero-order valence-corrected chi connectivity index (χ0v) is 16.9. The van der Waals surface area contributed by atoms with E-state index in [0.717, 1.165) is 10.3 Å².